The van der Waals surface area contributed by atoms with Crippen molar-refractivity contribution in [3.05, 3.63) is 57.7 Å². The number of pyridine rings is 1. The molecule has 0 amide bonds. The van der Waals surface area contributed by atoms with Crippen LogP contribution in [0.5, 0.6) is 0 Å². The van der Waals surface area contributed by atoms with Crippen LogP contribution in [0.15, 0.2) is 36.5 Å². The predicted molar refractivity (Wildman–Crippen MR) is 118 cm³/mol. The normalized spacial score (nSPS) is 16.9. The van der Waals surface area contributed by atoms with Gasteiger partial charge in [-0.25, -0.2) is 4.98 Å². The molecule has 1 aromatic carbocycles. The fourth-order valence-corrected chi connectivity index (χ4v) is 3.96. The van der Waals surface area contributed by atoms with Gasteiger partial charge >= 0.3 is 0 Å². The Morgan fingerprint density at radius 2 is 2.04 bits per heavy atom. The van der Waals surface area contributed by atoms with Crippen LogP contribution >= 0.6 is 23.2 Å². The van der Waals surface area contributed by atoms with Crippen molar-refractivity contribution < 1.29 is 0 Å². The Kier molecular flexibility index (Phi) is 6.49. The molecule has 0 radical (unpaired) electrons. The van der Waals surface area contributed by atoms with Crippen molar-refractivity contribution in [2.45, 2.75) is 38.6 Å². The lowest BCUT2D eigenvalue weighted by Crippen LogP contribution is -2.32. The van der Waals surface area contributed by atoms with E-state index in [0.29, 0.717) is 16.1 Å². The van der Waals surface area contributed by atoms with E-state index in [9.17, 15) is 0 Å². The highest BCUT2D eigenvalue weighted by Gasteiger charge is 2.23. The zero-order chi connectivity index (χ0) is 19.4. The minimum absolute atomic E-state index is 0.421. The second-order valence-electron chi connectivity index (χ2n) is 7.95. The fourth-order valence-electron chi connectivity index (χ4n) is 2.96. The van der Waals surface area contributed by atoms with Crippen LogP contribution in [-0.4, -0.2) is 32.2 Å². The summed E-state index contributed by atoms with van der Waals surface area (Å²) < 4.78 is 0. The molecular weight excluding hydrogens is 393 g/mol. The van der Waals surface area contributed by atoms with E-state index in [1.165, 1.54) is 0 Å². The van der Waals surface area contributed by atoms with Crippen molar-refractivity contribution in [1.29, 1.82) is 0 Å². The highest BCUT2D eigenvalue weighted by Crippen LogP contribution is 2.22. The quantitative estimate of drug-likeness (QED) is 0.560. The molecular formula is C21H25Cl2N3Si. The van der Waals surface area contributed by atoms with Crippen LogP contribution < -0.4 is 10.2 Å². The average Bonchev–Trinajstić information content (AvgIpc) is 3.08. The summed E-state index contributed by atoms with van der Waals surface area (Å²) in [4.78, 5) is 6.93. The second kappa shape index (κ2) is 8.66. The van der Waals surface area contributed by atoms with Crippen LogP contribution in [0.1, 0.15) is 17.5 Å². The molecule has 1 N–H and O–H groups in total. The van der Waals surface area contributed by atoms with Gasteiger partial charge in [0.1, 0.15) is 13.9 Å². The molecule has 0 saturated carbocycles. The molecule has 2 heterocycles. The first-order valence-electron chi connectivity index (χ1n) is 9.22. The van der Waals surface area contributed by atoms with Crippen molar-refractivity contribution in [2.75, 3.05) is 18.0 Å². The lowest BCUT2D eigenvalue weighted by molar-refractivity contribution is 0.551. The highest BCUT2D eigenvalue weighted by molar-refractivity contribution is 6.83. The van der Waals surface area contributed by atoms with Crippen LogP contribution in [0.2, 0.25) is 29.7 Å². The SMILES string of the molecule is C[Si](C)(C)C#Cc1ccc(N2CCC(NCc3ccc(Cl)cc3Cl)C2)nc1. The number of nitrogens with zero attached hydrogens (tertiary/aromatic N) is 2. The molecule has 1 aliphatic heterocycles. The van der Waals surface area contributed by atoms with E-state index in [0.717, 1.165) is 43.0 Å². The first-order chi connectivity index (χ1) is 12.8. The molecule has 1 saturated heterocycles. The first-order valence-corrected chi connectivity index (χ1v) is 13.5. The Morgan fingerprint density at radius 1 is 1.22 bits per heavy atom. The molecule has 1 fully saturated rings. The summed E-state index contributed by atoms with van der Waals surface area (Å²) in [7, 11) is -1.36. The lowest BCUT2D eigenvalue weighted by Gasteiger charge is -2.18. The van der Waals surface area contributed by atoms with Gasteiger partial charge < -0.3 is 10.2 Å². The first kappa shape index (κ1) is 20.2. The minimum atomic E-state index is -1.36. The Balaban J connectivity index is 1.55. The molecule has 1 atom stereocenters. The third kappa shape index (κ3) is 5.98. The number of rotatable bonds is 4. The fraction of sp³-hybridized carbons (Fsp3) is 0.381. The Bertz CT molecular complexity index is 850. The molecule has 3 rings (SSSR count). The summed E-state index contributed by atoms with van der Waals surface area (Å²) in [6, 6.07) is 10.2. The monoisotopic (exact) mass is 417 g/mol. The Labute approximate surface area is 173 Å². The van der Waals surface area contributed by atoms with E-state index >= 15 is 0 Å². The number of hydrogen-bond donors (Lipinski definition) is 1. The van der Waals surface area contributed by atoms with Gasteiger partial charge in [0, 0.05) is 47.5 Å². The number of benzene rings is 1. The molecule has 0 bridgehead atoms. The number of aromatic nitrogens is 1. The molecule has 0 aliphatic carbocycles. The summed E-state index contributed by atoms with van der Waals surface area (Å²) in [5, 5.41) is 4.97. The maximum absolute atomic E-state index is 6.25. The summed E-state index contributed by atoms with van der Waals surface area (Å²) >= 11 is 12.2. The average molecular weight is 418 g/mol. The van der Waals surface area contributed by atoms with Gasteiger partial charge in [-0.2, -0.15) is 0 Å². The van der Waals surface area contributed by atoms with Gasteiger partial charge in [0.15, 0.2) is 0 Å². The molecule has 1 aromatic heterocycles. The number of hydrogen-bond acceptors (Lipinski definition) is 3. The molecule has 2 aromatic rings. The van der Waals surface area contributed by atoms with Gasteiger partial charge in [-0.1, -0.05) is 54.8 Å². The second-order valence-corrected chi connectivity index (χ2v) is 13.5. The maximum atomic E-state index is 6.25. The molecule has 6 heteroatoms. The van der Waals surface area contributed by atoms with Gasteiger partial charge in [-0.15, -0.1) is 5.54 Å². The van der Waals surface area contributed by atoms with E-state index in [1.54, 1.807) is 6.07 Å². The molecule has 3 nitrogen and oxygen atoms in total. The molecule has 1 unspecified atom stereocenters. The Hall–Kier alpha value is -1.51. The summed E-state index contributed by atoms with van der Waals surface area (Å²) in [6.07, 6.45) is 2.97. The van der Waals surface area contributed by atoms with Crippen LogP contribution in [0.25, 0.3) is 0 Å². The topological polar surface area (TPSA) is 28.2 Å². The van der Waals surface area contributed by atoms with Crippen LogP contribution in [0.3, 0.4) is 0 Å². The van der Waals surface area contributed by atoms with Crippen molar-refractivity contribution in [2.24, 2.45) is 0 Å². The van der Waals surface area contributed by atoms with Gasteiger partial charge in [0.25, 0.3) is 0 Å². The number of halogens is 2. The summed E-state index contributed by atoms with van der Waals surface area (Å²) in [6.45, 7) is 9.42. The van der Waals surface area contributed by atoms with Crippen LogP contribution in [0.4, 0.5) is 5.82 Å². The number of anilines is 1. The van der Waals surface area contributed by atoms with Crippen molar-refractivity contribution in [3.63, 3.8) is 0 Å². The summed E-state index contributed by atoms with van der Waals surface area (Å²) in [5.74, 6) is 4.27. The third-order valence-electron chi connectivity index (χ3n) is 4.44. The van der Waals surface area contributed by atoms with Crippen molar-refractivity contribution in [1.82, 2.24) is 10.3 Å². The van der Waals surface area contributed by atoms with E-state index in [2.05, 4.69) is 58.4 Å². The van der Waals surface area contributed by atoms with Gasteiger partial charge in [0.05, 0.1) is 0 Å². The zero-order valence-electron chi connectivity index (χ0n) is 16.0. The lowest BCUT2D eigenvalue weighted by atomic mass is 10.2. The standard InChI is InChI=1S/C21H25Cl2N3Si/c1-27(2,3)11-9-16-4-7-21(25-13-16)26-10-8-19(15-26)24-14-17-5-6-18(22)12-20(17)23/h4-7,12-13,19,24H,8,10,14-15H2,1-3H3. The number of nitrogens with one attached hydrogen (secondary N) is 1. The van der Waals surface area contributed by atoms with Crippen molar-refractivity contribution in [3.8, 4) is 11.5 Å². The summed E-state index contributed by atoms with van der Waals surface area (Å²) in [5.41, 5.74) is 5.45. The highest BCUT2D eigenvalue weighted by atomic mass is 35.5. The third-order valence-corrected chi connectivity index (χ3v) is 5.90. The van der Waals surface area contributed by atoms with Gasteiger partial charge in [-0.05, 0) is 36.2 Å². The minimum Gasteiger partial charge on any atom is -0.355 e. The van der Waals surface area contributed by atoms with E-state index in [-0.39, 0.29) is 0 Å². The van der Waals surface area contributed by atoms with E-state index in [4.69, 9.17) is 23.2 Å². The molecule has 1 aliphatic rings. The van der Waals surface area contributed by atoms with Gasteiger partial charge in [0.2, 0.25) is 0 Å². The smallest absolute Gasteiger partial charge is 0.129 e. The largest absolute Gasteiger partial charge is 0.355 e. The van der Waals surface area contributed by atoms with E-state index < -0.39 is 8.07 Å². The van der Waals surface area contributed by atoms with E-state index in [1.807, 2.05) is 18.3 Å². The van der Waals surface area contributed by atoms with Crippen molar-refractivity contribution >= 4 is 37.1 Å². The molecule has 0 spiro atoms. The Morgan fingerprint density at radius 3 is 2.70 bits per heavy atom. The zero-order valence-corrected chi connectivity index (χ0v) is 18.5. The molecule has 27 heavy (non-hydrogen) atoms. The van der Waals surface area contributed by atoms with Gasteiger partial charge in [-0.3, -0.25) is 0 Å². The maximum Gasteiger partial charge on any atom is 0.129 e. The van der Waals surface area contributed by atoms with Crippen LogP contribution in [-0.2, 0) is 6.54 Å². The molecule has 142 valence electrons. The predicted octanol–water partition coefficient (Wildman–Crippen LogP) is 4.99. The van der Waals surface area contributed by atoms with Crippen LogP contribution in [0, 0.1) is 11.5 Å².